The zero-order chi connectivity index (χ0) is 13.5. The predicted octanol–water partition coefficient (Wildman–Crippen LogP) is -0.378. The van der Waals surface area contributed by atoms with Gasteiger partial charge in [0, 0.05) is 0 Å². The topological polar surface area (TPSA) is 129 Å². The molecule has 0 aromatic heterocycles. The van der Waals surface area contributed by atoms with Crippen LogP contribution in [0.3, 0.4) is 0 Å². The van der Waals surface area contributed by atoms with E-state index in [0.717, 1.165) is 5.56 Å². The molecule has 0 saturated carbocycles. The molecule has 0 fully saturated rings. The normalized spacial score (nSPS) is 10.8. The molecule has 0 unspecified atom stereocenters. The third kappa shape index (κ3) is 4.52. The third-order valence-electron chi connectivity index (χ3n) is 2.00. The second-order valence-corrected chi connectivity index (χ2v) is 3.43. The smallest absolute Gasteiger partial charge is 0.309 e. The summed E-state index contributed by atoms with van der Waals surface area (Å²) in [7, 11) is 1.34. The summed E-state index contributed by atoms with van der Waals surface area (Å²) < 4.78 is 4.56. The molecule has 7 heteroatoms. The zero-order valence-corrected chi connectivity index (χ0v) is 9.96. The Morgan fingerprint density at radius 1 is 1.22 bits per heavy atom. The van der Waals surface area contributed by atoms with Gasteiger partial charge in [-0.3, -0.25) is 4.79 Å². The summed E-state index contributed by atoms with van der Waals surface area (Å²) in [5.41, 5.74) is 17.2. The maximum absolute atomic E-state index is 11.0. The molecule has 6 N–H and O–H groups in total. The molecule has 0 aliphatic carbocycles. The monoisotopic (exact) mass is 249 g/mol. The highest BCUT2D eigenvalue weighted by atomic mass is 16.5. The van der Waals surface area contributed by atoms with Gasteiger partial charge in [-0.1, -0.05) is 12.1 Å². The Labute approximate surface area is 104 Å². The first kappa shape index (κ1) is 13.5. The number of carbonyl (C=O) groups excluding carboxylic acids is 1. The lowest BCUT2D eigenvalue weighted by molar-refractivity contribution is -0.139. The van der Waals surface area contributed by atoms with Gasteiger partial charge in [0.1, 0.15) is 0 Å². The Balaban J connectivity index is 2.77. The summed E-state index contributed by atoms with van der Waals surface area (Å²) in [6.07, 6.45) is 0.212. The number of benzene rings is 1. The van der Waals surface area contributed by atoms with Crippen molar-refractivity contribution in [2.24, 2.45) is 27.2 Å². The average molecular weight is 249 g/mol. The molecule has 0 aliphatic rings. The summed E-state index contributed by atoms with van der Waals surface area (Å²) in [4.78, 5) is 18.6. The van der Waals surface area contributed by atoms with E-state index in [1.54, 1.807) is 24.3 Å². The van der Waals surface area contributed by atoms with Crippen molar-refractivity contribution in [1.82, 2.24) is 0 Å². The van der Waals surface area contributed by atoms with E-state index in [4.69, 9.17) is 17.2 Å². The molecule has 7 nitrogen and oxygen atoms in total. The number of nitrogens with two attached hydrogens (primary N) is 3. The van der Waals surface area contributed by atoms with Gasteiger partial charge in [-0.05, 0) is 17.7 Å². The number of nitrogens with zero attached hydrogens (tertiary/aromatic N) is 2. The van der Waals surface area contributed by atoms with Crippen LogP contribution >= 0.6 is 0 Å². The van der Waals surface area contributed by atoms with Crippen molar-refractivity contribution in [2.45, 2.75) is 6.42 Å². The van der Waals surface area contributed by atoms with E-state index in [0.29, 0.717) is 5.69 Å². The molecule has 0 aliphatic heterocycles. The van der Waals surface area contributed by atoms with Crippen LogP contribution in [0.4, 0.5) is 5.69 Å². The van der Waals surface area contributed by atoms with Gasteiger partial charge in [0.2, 0.25) is 5.96 Å². The average Bonchev–Trinajstić information content (AvgIpc) is 2.30. The number of hydrogen-bond donors (Lipinski definition) is 3. The van der Waals surface area contributed by atoms with Crippen molar-refractivity contribution < 1.29 is 9.53 Å². The highest BCUT2D eigenvalue weighted by Gasteiger charge is 2.02. The van der Waals surface area contributed by atoms with Gasteiger partial charge in [0.25, 0.3) is 0 Å². The van der Waals surface area contributed by atoms with Crippen LogP contribution in [0.1, 0.15) is 5.56 Å². The van der Waals surface area contributed by atoms with Crippen molar-refractivity contribution in [2.75, 3.05) is 7.11 Å². The van der Waals surface area contributed by atoms with Gasteiger partial charge < -0.3 is 21.9 Å². The van der Waals surface area contributed by atoms with Crippen LogP contribution in [0.15, 0.2) is 34.3 Å². The van der Waals surface area contributed by atoms with Crippen LogP contribution in [0.5, 0.6) is 0 Å². The fraction of sp³-hybridized carbons (Fsp3) is 0.182. The molecule has 0 atom stereocenters. The zero-order valence-electron chi connectivity index (χ0n) is 9.96. The van der Waals surface area contributed by atoms with Gasteiger partial charge in [-0.15, -0.1) is 0 Å². The second-order valence-electron chi connectivity index (χ2n) is 3.43. The van der Waals surface area contributed by atoms with Crippen LogP contribution in [-0.4, -0.2) is 25.0 Å². The molecule has 0 saturated heterocycles. The van der Waals surface area contributed by atoms with Crippen LogP contribution in [0.25, 0.3) is 0 Å². The Kier molecular flexibility index (Phi) is 4.67. The lowest BCUT2D eigenvalue weighted by Crippen LogP contribution is -2.26. The number of ether oxygens (including phenoxy) is 1. The van der Waals surface area contributed by atoms with E-state index < -0.39 is 0 Å². The molecule has 1 aromatic rings. The summed E-state index contributed by atoms with van der Waals surface area (Å²) in [5.74, 6) is -0.486. The van der Waals surface area contributed by atoms with Crippen LogP contribution in [0.2, 0.25) is 0 Å². The maximum atomic E-state index is 11.0. The first-order chi connectivity index (χ1) is 8.51. The Bertz CT molecular complexity index is 475. The van der Waals surface area contributed by atoms with Crippen LogP contribution in [-0.2, 0) is 16.0 Å². The first-order valence-electron chi connectivity index (χ1n) is 5.11. The Morgan fingerprint density at radius 3 is 2.33 bits per heavy atom. The quantitative estimate of drug-likeness (QED) is 0.382. The largest absolute Gasteiger partial charge is 0.469 e. The predicted molar refractivity (Wildman–Crippen MR) is 69.3 cm³/mol. The Morgan fingerprint density at radius 2 is 1.83 bits per heavy atom. The van der Waals surface area contributed by atoms with Gasteiger partial charge in [0.15, 0.2) is 5.96 Å². The fourth-order valence-electron chi connectivity index (χ4n) is 1.22. The van der Waals surface area contributed by atoms with Crippen LogP contribution in [0, 0.1) is 0 Å². The van der Waals surface area contributed by atoms with Gasteiger partial charge in [-0.2, -0.15) is 4.99 Å². The number of rotatable bonds is 3. The van der Waals surface area contributed by atoms with E-state index in [2.05, 4.69) is 14.7 Å². The first-order valence-corrected chi connectivity index (χ1v) is 5.11. The number of guanidine groups is 2. The summed E-state index contributed by atoms with van der Waals surface area (Å²) >= 11 is 0. The van der Waals surface area contributed by atoms with E-state index >= 15 is 0 Å². The third-order valence-corrected chi connectivity index (χ3v) is 2.00. The number of hydrogen-bond acceptors (Lipinski definition) is 3. The second kappa shape index (κ2) is 6.24. The molecule has 0 radical (unpaired) electrons. The van der Waals surface area contributed by atoms with E-state index in [1.165, 1.54) is 7.11 Å². The summed E-state index contributed by atoms with van der Waals surface area (Å²) in [6, 6.07) is 6.90. The van der Waals surface area contributed by atoms with Crippen molar-refractivity contribution in [3.05, 3.63) is 29.8 Å². The van der Waals surface area contributed by atoms with E-state index in [-0.39, 0.29) is 24.3 Å². The lowest BCUT2D eigenvalue weighted by atomic mass is 10.1. The van der Waals surface area contributed by atoms with Crippen LogP contribution < -0.4 is 17.2 Å². The SMILES string of the molecule is COC(=O)Cc1ccc(N=C(N)N=C(N)N)cc1. The molecule has 0 amide bonds. The molecule has 96 valence electrons. The fourth-order valence-corrected chi connectivity index (χ4v) is 1.22. The summed E-state index contributed by atoms with van der Waals surface area (Å²) in [6.45, 7) is 0. The molecule has 0 spiro atoms. The molecule has 0 bridgehead atoms. The van der Waals surface area contributed by atoms with Gasteiger partial charge in [0.05, 0.1) is 19.2 Å². The van der Waals surface area contributed by atoms with Crippen molar-refractivity contribution >= 4 is 23.6 Å². The van der Waals surface area contributed by atoms with Gasteiger partial charge >= 0.3 is 5.97 Å². The summed E-state index contributed by atoms with van der Waals surface area (Å²) in [5, 5.41) is 0. The number of carbonyl (C=O) groups is 1. The van der Waals surface area contributed by atoms with Crippen molar-refractivity contribution in [3.63, 3.8) is 0 Å². The minimum atomic E-state index is -0.300. The molecule has 1 rings (SSSR count). The number of aliphatic imine (C=N–C) groups is 2. The highest BCUT2D eigenvalue weighted by molar-refractivity contribution is 5.93. The number of methoxy groups -OCH3 is 1. The van der Waals surface area contributed by atoms with E-state index in [1.807, 2.05) is 0 Å². The Hall–Kier alpha value is -2.57. The standard InChI is InChI=1S/C11H15N5O2/c1-18-9(17)6-7-2-4-8(5-3-7)15-11(14)16-10(12)13/h2-5H,6H2,1H3,(H6,12,13,14,15,16). The van der Waals surface area contributed by atoms with Crippen molar-refractivity contribution in [3.8, 4) is 0 Å². The number of esters is 1. The van der Waals surface area contributed by atoms with Gasteiger partial charge in [-0.25, -0.2) is 4.99 Å². The molecule has 0 heterocycles. The molecular weight excluding hydrogens is 234 g/mol. The minimum Gasteiger partial charge on any atom is -0.469 e. The molecule has 18 heavy (non-hydrogen) atoms. The highest BCUT2D eigenvalue weighted by Crippen LogP contribution is 2.13. The maximum Gasteiger partial charge on any atom is 0.309 e. The van der Waals surface area contributed by atoms with Crippen molar-refractivity contribution in [1.29, 1.82) is 0 Å². The lowest BCUT2D eigenvalue weighted by Gasteiger charge is -2.00. The molecule has 1 aromatic carbocycles. The molecular formula is C11H15N5O2. The minimum absolute atomic E-state index is 0.0317. The van der Waals surface area contributed by atoms with E-state index in [9.17, 15) is 4.79 Å².